The van der Waals surface area contributed by atoms with Crippen LogP contribution in [0.1, 0.15) is 33.1 Å². The van der Waals surface area contributed by atoms with E-state index in [1.807, 2.05) is 37.5 Å². The topological polar surface area (TPSA) is 48.0 Å². The zero-order valence-electron chi connectivity index (χ0n) is 13.7. The van der Waals surface area contributed by atoms with E-state index in [-0.39, 0.29) is 5.78 Å². The number of nitrogens with zero attached hydrogens (tertiary/aromatic N) is 2. The standard InChI is InChI=1S/C19H17ClN2O2/c1-12-10-15(14(3)22(12)19-11-13(2)24-21-19)8-9-18(23)16-6-4-5-7-17(16)20/h4-11H,1-3H3/b9-8+. The molecule has 3 rings (SSSR count). The maximum absolute atomic E-state index is 12.3. The first kappa shape index (κ1) is 16.3. The molecule has 0 unspecified atom stereocenters. The summed E-state index contributed by atoms with van der Waals surface area (Å²) in [4.78, 5) is 12.3. The Morgan fingerprint density at radius 2 is 1.96 bits per heavy atom. The van der Waals surface area contributed by atoms with E-state index in [9.17, 15) is 4.79 Å². The van der Waals surface area contributed by atoms with Gasteiger partial charge in [-0.05, 0) is 56.7 Å². The van der Waals surface area contributed by atoms with Crippen molar-refractivity contribution in [2.24, 2.45) is 0 Å². The average Bonchev–Trinajstić information content (AvgIpc) is 3.08. The van der Waals surface area contributed by atoms with Crippen LogP contribution in [0.4, 0.5) is 0 Å². The predicted molar refractivity (Wildman–Crippen MR) is 94.9 cm³/mol. The second kappa shape index (κ2) is 6.49. The number of hydrogen-bond acceptors (Lipinski definition) is 3. The average molecular weight is 341 g/mol. The largest absolute Gasteiger partial charge is 0.360 e. The third-order valence-corrected chi connectivity index (χ3v) is 4.20. The van der Waals surface area contributed by atoms with Crippen molar-refractivity contribution in [3.63, 3.8) is 0 Å². The lowest BCUT2D eigenvalue weighted by atomic mass is 10.1. The Balaban J connectivity index is 1.91. The van der Waals surface area contributed by atoms with Crippen LogP contribution in [0, 0.1) is 20.8 Å². The van der Waals surface area contributed by atoms with Gasteiger partial charge in [-0.15, -0.1) is 0 Å². The maximum Gasteiger partial charge on any atom is 0.187 e. The van der Waals surface area contributed by atoms with Crippen molar-refractivity contribution in [2.75, 3.05) is 0 Å². The summed E-state index contributed by atoms with van der Waals surface area (Å²) in [6.07, 6.45) is 3.35. The molecule has 0 saturated carbocycles. The molecule has 0 aliphatic rings. The fourth-order valence-corrected chi connectivity index (χ4v) is 2.91. The van der Waals surface area contributed by atoms with Gasteiger partial charge in [0.2, 0.25) is 0 Å². The first-order chi connectivity index (χ1) is 11.5. The van der Waals surface area contributed by atoms with Crippen molar-refractivity contribution in [3.8, 4) is 5.82 Å². The number of aromatic nitrogens is 2. The smallest absolute Gasteiger partial charge is 0.187 e. The van der Waals surface area contributed by atoms with Crippen molar-refractivity contribution < 1.29 is 9.32 Å². The Kier molecular flexibility index (Phi) is 4.40. The molecule has 0 aliphatic heterocycles. The summed E-state index contributed by atoms with van der Waals surface area (Å²) in [6, 6.07) is 10.9. The fraction of sp³-hybridized carbons (Fsp3) is 0.158. The molecule has 4 nitrogen and oxygen atoms in total. The van der Waals surface area contributed by atoms with Crippen LogP contribution >= 0.6 is 11.6 Å². The number of halogens is 1. The second-order valence-electron chi connectivity index (χ2n) is 5.64. The highest BCUT2D eigenvalue weighted by molar-refractivity contribution is 6.34. The number of benzene rings is 1. The minimum atomic E-state index is -0.123. The summed E-state index contributed by atoms with van der Waals surface area (Å²) >= 11 is 6.07. The SMILES string of the molecule is Cc1cc(-n2c(C)cc(/C=C/C(=O)c3ccccc3Cl)c2C)no1. The van der Waals surface area contributed by atoms with Crippen LogP contribution in [-0.4, -0.2) is 15.5 Å². The zero-order valence-corrected chi connectivity index (χ0v) is 14.5. The van der Waals surface area contributed by atoms with Crippen LogP contribution in [0.25, 0.3) is 11.9 Å². The Labute approximate surface area is 145 Å². The molecule has 122 valence electrons. The summed E-state index contributed by atoms with van der Waals surface area (Å²) in [5.74, 6) is 1.37. The summed E-state index contributed by atoms with van der Waals surface area (Å²) in [6.45, 7) is 5.83. The number of ketones is 1. The van der Waals surface area contributed by atoms with Gasteiger partial charge in [0, 0.05) is 23.0 Å². The molecule has 0 saturated heterocycles. The predicted octanol–water partition coefficient (Wildman–Crippen LogP) is 4.94. The van der Waals surface area contributed by atoms with Gasteiger partial charge in [-0.25, -0.2) is 0 Å². The Morgan fingerprint density at radius 1 is 1.21 bits per heavy atom. The number of carbonyl (C=O) groups excluding carboxylic acids is 1. The highest BCUT2D eigenvalue weighted by atomic mass is 35.5. The maximum atomic E-state index is 12.3. The van der Waals surface area contributed by atoms with Gasteiger partial charge in [0.1, 0.15) is 5.76 Å². The fourth-order valence-electron chi connectivity index (χ4n) is 2.68. The van der Waals surface area contributed by atoms with Crippen molar-refractivity contribution in [1.29, 1.82) is 0 Å². The normalized spacial score (nSPS) is 11.3. The van der Waals surface area contributed by atoms with Crippen LogP contribution in [-0.2, 0) is 0 Å². The molecule has 2 heterocycles. The van der Waals surface area contributed by atoms with Crippen LogP contribution < -0.4 is 0 Å². The Hall–Kier alpha value is -2.59. The molecule has 24 heavy (non-hydrogen) atoms. The number of aryl methyl sites for hydroxylation is 2. The number of rotatable bonds is 4. The van der Waals surface area contributed by atoms with E-state index in [4.69, 9.17) is 16.1 Å². The molecule has 0 N–H and O–H groups in total. The molecule has 0 amide bonds. The molecular weight excluding hydrogens is 324 g/mol. The van der Waals surface area contributed by atoms with Crippen LogP contribution in [0.2, 0.25) is 5.02 Å². The van der Waals surface area contributed by atoms with E-state index in [2.05, 4.69) is 5.16 Å². The third-order valence-electron chi connectivity index (χ3n) is 3.87. The van der Waals surface area contributed by atoms with Gasteiger partial charge in [0.25, 0.3) is 0 Å². The third kappa shape index (κ3) is 3.05. The molecule has 0 radical (unpaired) electrons. The highest BCUT2D eigenvalue weighted by Gasteiger charge is 2.13. The van der Waals surface area contributed by atoms with Crippen LogP contribution in [0.15, 0.2) is 47.0 Å². The minimum Gasteiger partial charge on any atom is -0.360 e. The van der Waals surface area contributed by atoms with E-state index in [1.165, 1.54) is 0 Å². The second-order valence-corrected chi connectivity index (χ2v) is 6.04. The van der Waals surface area contributed by atoms with Gasteiger partial charge in [0.05, 0.1) is 5.02 Å². The summed E-state index contributed by atoms with van der Waals surface area (Å²) < 4.78 is 7.15. The van der Waals surface area contributed by atoms with E-state index in [1.54, 1.807) is 36.4 Å². The summed E-state index contributed by atoms with van der Waals surface area (Å²) in [7, 11) is 0. The van der Waals surface area contributed by atoms with Crippen molar-refractivity contribution in [1.82, 2.24) is 9.72 Å². The summed E-state index contributed by atoms with van der Waals surface area (Å²) in [5, 5.41) is 4.51. The molecule has 0 spiro atoms. The van der Waals surface area contributed by atoms with E-state index < -0.39 is 0 Å². The number of hydrogen-bond donors (Lipinski definition) is 0. The van der Waals surface area contributed by atoms with Crippen molar-refractivity contribution in [2.45, 2.75) is 20.8 Å². The van der Waals surface area contributed by atoms with Gasteiger partial charge in [-0.1, -0.05) is 28.9 Å². The van der Waals surface area contributed by atoms with Crippen LogP contribution in [0.5, 0.6) is 0 Å². The lowest BCUT2D eigenvalue weighted by Gasteiger charge is -2.04. The first-order valence-corrected chi connectivity index (χ1v) is 7.94. The van der Waals surface area contributed by atoms with E-state index in [0.29, 0.717) is 10.6 Å². The number of carbonyl (C=O) groups is 1. The van der Waals surface area contributed by atoms with Gasteiger partial charge in [-0.2, -0.15) is 0 Å². The van der Waals surface area contributed by atoms with Crippen molar-refractivity contribution >= 4 is 23.5 Å². The van der Waals surface area contributed by atoms with Gasteiger partial charge in [-0.3, -0.25) is 9.36 Å². The lowest BCUT2D eigenvalue weighted by Crippen LogP contribution is -1.99. The first-order valence-electron chi connectivity index (χ1n) is 7.57. The molecule has 5 heteroatoms. The number of allylic oxidation sites excluding steroid dienone is 1. The molecule has 0 aliphatic carbocycles. The summed E-state index contributed by atoms with van der Waals surface area (Å²) in [5.41, 5.74) is 3.46. The molecule has 0 fully saturated rings. The zero-order chi connectivity index (χ0) is 17.3. The molecule has 2 aromatic heterocycles. The quantitative estimate of drug-likeness (QED) is 0.499. The molecule has 0 atom stereocenters. The Bertz CT molecular complexity index is 935. The van der Waals surface area contributed by atoms with Gasteiger partial charge >= 0.3 is 0 Å². The van der Waals surface area contributed by atoms with E-state index >= 15 is 0 Å². The molecule has 3 aromatic rings. The molecule has 0 bridgehead atoms. The Morgan fingerprint density at radius 3 is 2.62 bits per heavy atom. The van der Waals surface area contributed by atoms with E-state index in [0.717, 1.165) is 28.5 Å². The molecule has 1 aromatic carbocycles. The molecular formula is C19H17ClN2O2. The van der Waals surface area contributed by atoms with Crippen molar-refractivity contribution in [3.05, 3.63) is 75.8 Å². The van der Waals surface area contributed by atoms with Gasteiger partial charge in [0.15, 0.2) is 11.6 Å². The lowest BCUT2D eigenvalue weighted by molar-refractivity contribution is 0.104. The van der Waals surface area contributed by atoms with Gasteiger partial charge < -0.3 is 4.52 Å². The van der Waals surface area contributed by atoms with Crippen LogP contribution in [0.3, 0.4) is 0 Å². The highest BCUT2D eigenvalue weighted by Crippen LogP contribution is 2.22. The minimum absolute atomic E-state index is 0.123. The monoisotopic (exact) mass is 340 g/mol.